The van der Waals surface area contributed by atoms with Gasteiger partial charge in [0.15, 0.2) is 0 Å². The third kappa shape index (κ3) is 2.49. The van der Waals surface area contributed by atoms with Gasteiger partial charge in [0.2, 0.25) is 0 Å². The van der Waals surface area contributed by atoms with E-state index >= 15 is 0 Å². The molecule has 0 radical (unpaired) electrons. The minimum atomic E-state index is 0.0774. The Morgan fingerprint density at radius 1 is 1.24 bits per heavy atom. The second kappa shape index (κ2) is 5.12. The first-order valence-electron chi connectivity index (χ1n) is 5.51. The van der Waals surface area contributed by atoms with E-state index in [0.717, 1.165) is 18.8 Å². The highest BCUT2D eigenvalue weighted by molar-refractivity contribution is 6.33. The van der Waals surface area contributed by atoms with E-state index in [9.17, 15) is 0 Å². The lowest BCUT2D eigenvalue weighted by molar-refractivity contribution is -0.00461. The van der Waals surface area contributed by atoms with Gasteiger partial charge >= 0.3 is 0 Å². The third-order valence-electron chi connectivity index (χ3n) is 3.13. The molecule has 2 rings (SSSR count). The molecule has 1 saturated heterocycles. The van der Waals surface area contributed by atoms with Gasteiger partial charge in [0, 0.05) is 33.0 Å². The number of halogens is 1. The number of hydrogen-bond donors (Lipinski definition) is 1. The molecule has 2 unspecified atom stereocenters. The van der Waals surface area contributed by atoms with Gasteiger partial charge in [0.25, 0.3) is 0 Å². The summed E-state index contributed by atoms with van der Waals surface area (Å²) in [5, 5.41) is 0.664. The average Bonchev–Trinajstić information content (AvgIpc) is 2.72. The summed E-state index contributed by atoms with van der Waals surface area (Å²) in [6.07, 6.45) is 0.155. The molecule has 1 heterocycles. The summed E-state index contributed by atoms with van der Waals surface area (Å²) < 4.78 is 10.8. The van der Waals surface area contributed by atoms with Gasteiger partial charge in [-0.15, -0.1) is 0 Å². The molecule has 1 fully saturated rings. The first-order chi connectivity index (χ1) is 8.15. The molecule has 0 spiro atoms. The van der Waals surface area contributed by atoms with Gasteiger partial charge in [-0.25, -0.2) is 0 Å². The molecule has 0 amide bonds. The summed E-state index contributed by atoms with van der Waals surface area (Å²) >= 11 is 6.19. The first-order valence-corrected chi connectivity index (χ1v) is 5.89. The first kappa shape index (κ1) is 12.5. The van der Waals surface area contributed by atoms with Crippen molar-refractivity contribution in [2.45, 2.75) is 12.2 Å². The second-order valence-electron chi connectivity index (χ2n) is 4.16. The van der Waals surface area contributed by atoms with E-state index in [-0.39, 0.29) is 12.2 Å². The van der Waals surface area contributed by atoms with Crippen molar-refractivity contribution < 1.29 is 9.47 Å². The maximum absolute atomic E-state index is 6.19. The Hall–Kier alpha value is -0.970. The molecule has 94 valence electrons. The summed E-state index contributed by atoms with van der Waals surface area (Å²) in [6, 6.07) is 5.55. The third-order valence-corrected chi connectivity index (χ3v) is 3.44. The van der Waals surface area contributed by atoms with E-state index in [2.05, 4.69) is 4.90 Å². The average molecular weight is 257 g/mol. The zero-order valence-corrected chi connectivity index (χ0v) is 10.8. The van der Waals surface area contributed by atoms with Crippen molar-refractivity contribution in [3.8, 4) is 0 Å². The van der Waals surface area contributed by atoms with Crippen molar-refractivity contribution in [3.05, 3.63) is 23.2 Å². The maximum Gasteiger partial charge on any atom is 0.102 e. The lowest BCUT2D eigenvalue weighted by atomic mass is 10.2. The topological polar surface area (TPSA) is 47.7 Å². The zero-order chi connectivity index (χ0) is 12.4. The van der Waals surface area contributed by atoms with Crippen LogP contribution in [-0.2, 0) is 9.47 Å². The van der Waals surface area contributed by atoms with Gasteiger partial charge < -0.3 is 20.1 Å². The van der Waals surface area contributed by atoms with Crippen LogP contribution in [0.3, 0.4) is 0 Å². The van der Waals surface area contributed by atoms with Crippen LogP contribution in [0.25, 0.3) is 0 Å². The molecule has 4 nitrogen and oxygen atoms in total. The molecule has 1 aliphatic heterocycles. The largest absolute Gasteiger partial charge is 0.399 e. The highest BCUT2D eigenvalue weighted by Crippen LogP contribution is 2.31. The summed E-state index contributed by atoms with van der Waals surface area (Å²) in [6.45, 7) is 1.55. The zero-order valence-electron chi connectivity index (χ0n) is 10.0. The van der Waals surface area contributed by atoms with Crippen molar-refractivity contribution in [1.82, 2.24) is 0 Å². The summed E-state index contributed by atoms with van der Waals surface area (Å²) in [5.41, 5.74) is 7.33. The number of anilines is 2. The Kier molecular flexibility index (Phi) is 3.76. The fourth-order valence-electron chi connectivity index (χ4n) is 2.17. The van der Waals surface area contributed by atoms with Gasteiger partial charge in [-0.2, -0.15) is 0 Å². The maximum atomic E-state index is 6.19. The number of rotatable bonds is 3. The van der Waals surface area contributed by atoms with Crippen LogP contribution in [0.2, 0.25) is 5.02 Å². The molecule has 1 aromatic rings. The monoisotopic (exact) mass is 256 g/mol. The number of ether oxygens (including phenoxy) is 2. The molecule has 0 saturated carbocycles. The van der Waals surface area contributed by atoms with Crippen molar-refractivity contribution in [2.24, 2.45) is 0 Å². The number of nitrogen functional groups attached to an aromatic ring is 1. The van der Waals surface area contributed by atoms with Crippen LogP contribution in [0.4, 0.5) is 11.4 Å². The van der Waals surface area contributed by atoms with Crippen LogP contribution in [0, 0.1) is 0 Å². The molecule has 2 atom stereocenters. The highest BCUT2D eigenvalue weighted by atomic mass is 35.5. The molecule has 1 aliphatic rings. The molecular weight excluding hydrogens is 240 g/mol. The number of nitrogens with two attached hydrogens (primary N) is 1. The standard InChI is InChI=1S/C12H17ClN2O2/c1-16-11-6-15(7-12(11)17-2)10-4-3-8(14)5-9(10)13/h3-5,11-12H,6-7,14H2,1-2H3. The minimum Gasteiger partial charge on any atom is -0.399 e. The predicted octanol–water partition coefficient (Wildman–Crippen LogP) is 1.77. The highest BCUT2D eigenvalue weighted by Gasteiger charge is 2.33. The predicted molar refractivity (Wildman–Crippen MR) is 69.7 cm³/mol. The lowest BCUT2D eigenvalue weighted by Crippen LogP contribution is -2.27. The normalized spacial score (nSPS) is 24.3. The van der Waals surface area contributed by atoms with Crippen molar-refractivity contribution in [2.75, 3.05) is 37.9 Å². The molecular formula is C12H17ClN2O2. The molecule has 0 bridgehead atoms. The summed E-state index contributed by atoms with van der Waals surface area (Å²) in [7, 11) is 3.40. The molecule has 0 aliphatic carbocycles. The van der Waals surface area contributed by atoms with Gasteiger partial charge in [-0.3, -0.25) is 0 Å². The molecule has 0 aromatic heterocycles. The number of nitrogens with zero attached hydrogens (tertiary/aromatic N) is 1. The van der Waals surface area contributed by atoms with E-state index in [1.54, 1.807) is 20.3 Å². The smallest absolute Gasteiger partial charge is 0.102 e. The Morgan fingerprint density at radius 2 is 1.82 bits per heavy atom. The number of benzene rings is 1. The summed E-state index contributed by atoms with van der Waals surface area (Å²) in [4.78, 5) is 2.16. The van der Waals surface area contributed by atoms with Crippen molar-refractivity contribution in [1.29, 1.82) is 0 Å². The van der Waals surface area contributed by atoms with Crippen molar-refractivity contribution in [3.63, 3.8) is 0 Å². The van der Waals surface area contributed by atoms with Gasteiger partial charge in [0.05, 0.1) is 10.7 Å². The van der Waals surface area contributed by atoms with E-state index in [1.165, 1.54) is 0 Å². The van der Waals surface area contributed by atoms with E-state index < -0.39 is 0 Å². The van der Waals surface area contributed by atoms with Gasteiger partial charge in [-0.05, 0) is 18.2 Å². The number of methoxy groups -OCH3 is 2. The van der Waals surface area contributed by atoms with Crippen LogP contribution in [0.5, 0.6) is 0 Å². The van der Waals surface area contributed by atoms with Crippen LogP contribution < -0.4 is 10.6 Å². The van der Waals surface area contributed by atoms with Gasteiger partial charge in [-0.1, -0.05) is 11.6 Å². The fraction of sp³-hybridized carbons (Fsp3) is 0.500. The molecule has 1 aromatic carbocycles. The Labute approximate surface area is 106 Å². The Morgan fingerprint density at radius 3 is 2.29 bits per heavy atom. The Bertz CT molecular complexity index is 388. The Balaban J connectivity index is 2.19. The van der Waals surface area contributed by atoms with E-state index in [4.69, 9.17) is 26.8 Å². The summed E-state index contributed by atoms with van der Waals surface area (Å²) in [5.74, 6) is 0. The minimum absolute atomic E-state index is 0.0774. The van der Waals surface area contributed by atoms with Crippen molar-refractivity contribution >= 4 is 23.0 Å². The molecule has 2 N–H and O–H groups in total. The van der Waals surface area contributed by atoms with Gasteiger partial charge in [0.1, 0.15) is 12.2 Å². The van der Waals surface area contributed by atoms with Crippen LogP contribution in [0.1, 0.15) is 0 Å². The quantitative estimate of drug-likeness (QED) is 0.838. The van der Waals surface area contributed by atoms with Crippen LogP contribution in [0.15, 0.2) is 18.2 Å². The molecule has 17 heavy (non-hydrogen) atoms. The fourth-order valence-corrected chi connectivity index (χ4v) is 2.48. The number of hydrogen-bond acceptors (Lipinski definition) is 4. The molecule has 5 heteroatoms. The van der Waals surface area contributed by atoms with Crippen LogP contribution >= 0.6 is 11.6 Å². The van der Waals surface area contributed by atoms with Crippen LogP contribution in [-0.4, -0.2) is 39.5 Å². The van der Waals surface area contributed by atoms with E-state index in [1.807, 2.05) is 12.1 Å². The lowest BCUT2D eigenvalue weighted by Gasteiger charge is -2.19. The van der Waals surface area contributed by atoms with E-state index in [0.29, 0.717) is 10.7 Å². The second-order valence-corrected chi connectivity index (χ2v) is 4.57. The SMILES string of the molecule is COC1CN(c2ccc(N)cc2Cl)CC1OC.